The Labute approximate surface area is 328 Å². The molecular formula is C54H40N2. The molecule has 0 unspecified atom stereocenters. The van der Waals surface area contributed by atoms with Gasteiger partial charge in [0.1, 0.15) is 0 Å². The van der Waals surface area contributed by atoms with Gasteiger partial charge in [-0.25, -0.2) is 9.97 Å². The Bertz CT molecular complexity index is 3080. The molecule has 0 saturated heterocycles. The topological polar surface area (TPSA) is 25.8 Å². The van der Waals surface area contributed by atoms with Crippen LogP contribution in [0.2, 0.25) is 0 Å². The van der Waals surface area contributed by atoms with Crippen molar-refractivity contribution in [1.82, 2.24) is 9.97 Å². The molecule has 2 aliphatic carbocycles. The van der Waals surface area contributed by atoms with E-state index in [9.17, 15) is 0 Å². The van der Waals surface area contributed by atoms with Crippen molar-refractivity contribution in [3.05, 3.63) is 192 Å². The standard InChI is InChI=1S/C54H40N2/c1-53(2)44-23-13-12-21-41(44)51-42(22-14-24-46(51)53)49-32-48(34-16-6-5-7-17-34)55-52(56-49)40-28-27-36(38-19-10-11-20-39(38)40)35-26-29-45-43(31-35)50-37-18-9-8-15-33(37)25-30-47(50)54(45,3)4/h5-32H,1-4H3. The molecule has 0 atom stereocenters. The summed E-state index contributed by atoms with van der Waals surface area (Å²) in [7, 11) is 0. The SMILES string of the molecule is CC1(C)c2ccccc2-c2c(-c3cc(-c4ccccc4)nc(-c4ccc(-c5ccc6c(c5)-c5c(ccc7ccccc57)C6(C)C)c5ccccc45)n3)cccc21. The first-order chi connectivity index (χ1) is 27.3. The molecule has 11 rings (SSSR count). The molecule has 0 N–H and O–H groups in total. The second kappa shape index (κ2) is 11.9. The minimum atomic E-state index is -0.103. The van der Waals surface area contributed by atoms with Gasteiger partial charge in [-0.05, 0) is 95.4 Å². The predicted octanol–water partition coefficient (Wildman–Crippen LogP) is 14.1. The fourth-order valence-corrected chi connectivity index (χ4v) is 9.87. The van der Waals surface area contributed by atoms with Gasteiger partial charge in [0, 0.05) is 27.5 Å². The van der Waals surface area contributed by atoms with Crippen LogP contribution in [0.3, 0.4) is 0 Å². The van der Waals surface area contributed by atoms with Crippen LogP contribution in [0, 0.1) is 0 Å². The van der Waals surface area contributed by atoms with Crippen molar-refractivity contribution in [2.45, 2.75) is 38.5 Å². The predicted molar refractivity (Wildman–Crippen MR) is 234 cm³/mol. The largest absolute Gasteiger partial charge is 0.228 e. The molecule has 0 saturated carbocycles. The first-order valence-electron chi connectivity index (χ1n) is 19.7. The highest BCUT2D eigenvalue weighted by atomic mass is 14.9. The van der Waals surface area contributed by atoms with E-state index in [-0.39, 0.29) is 10.8 Å². The molecule has 0 bridgehead atoms. The number of nitrogens with zero attached hydrogens (tertiary/aromatic N) is 2. The Balaban J connectivity index is 1.11. The number of fused-ring (bicyclic) bond motifs is 9. The van der Waals surface area contributed by atoms with Crippen LogP contribution in [-0.4, -0.2) is 9.97 Å². The number of hydrogen-bond donors (Lipinski definition) is 0. The molecule has 0 spiro atoms. The van der Waals surface area contributed by atoms with Crippen molar-refractivity contribution < 1.29 is 0 Å². The van der Waals surface area contributed by atoms with Crippen molar-refractivity contribution in [2.75, 3.05) is 0 Å². The Morgan fingerprint density at radius 2 is 0.929 bits per heavy atom. The summed E-state index contributed by atoms with van der Waals surface area (Å²) in [4.78, 5) is 10.8. The van der Waals surface area contributed by atoms with Crippen LogP contribution in [0.1, 0.15) is 49.9 Å². The summed E-state index contributed by atoms with van der Waals surface area (Å²) in [5, 5.41) is 4.92. The van der Waals surface area contributed by atoms with Gasteiger partial charge in [-0.15, -0.1) is 0 Å². The summed E-state index contributed by atoms with van der Waals surface area (Å²) in [6.07, 6.45) is 0. The quantitative estimate of drug-likeness (QED) is 0.181. The Hall–Kier alpha value is -6.64. The van der Waals surface area contributed by atoms with E-state index in [2.05, 4.69) is 198 Å². The van der Waals surface area contributed by atoms with Gasteiger partial charge >= 0.3 is 0 Å². The maximum Gasteiger partial charge on any atom is 0.161 e. The fraction of sp³-hybridized carbons (Fsp3) is 0.111. The van der Waals surface area contributed by atoms with Crippen LogP contribution in [0.25, 0.3) is 88.8 Å². The summed E-state index contributed by atoms with van der Waals surface area (Å²) in [6, 6.07) is 62.0. The van der Waals surface area contributed by atoms with Gasteiger partial charge in [0.05, 0.1) is 11.4 Å². The minimum Gasteiger partial charge on any atom is -0.228 e. The smallest absolute Gasteiger partial charge is 0.161 e. The normalized spacial score (nSPS) is 14.4. The molecule has 8 aromatic carbocycles. The third-order valence-corrected chi connectivity index (χ3v) is 12.7. The van der Waals surface area contributed by atoms with Crippen LogP contribution in [0.4, 0.5) is 0 Å². The lowest BCUT2D eigenvalue weighted by Crippen LogP contribution is -2.14. The monoisotopic (exact) mass is 716 g/mol. The van der Waals surface area contributed by atoms with Crippen molar-refractivity contribution in [3.8, 4) is 67.3 Å². The van der Waals surface area contributed by atoms with Crippen molar-refractivity contribution >= 4 is 21.5 Å². The van der Waals surface area contributed by atoms with E-state index < -0.39 is 0 Å². The highest BCUT2D eigenvalue weighted by molar-refractivity contribution is 6.07. The minimum absolute atomic E-state index is 0.0747. The molecule has 1 heterocycles. The lowest BCUT2D eigenvalue weighted by Gasteiger charge is -2.22. The van der Waals surface area contributed by atoms with Crippen molar-refractivity contribution in [2.24, 2.45) is 0 Å². The van der Waals surface area contributed by atoms with E-state index in [0.717, 1.165) is 39.3 Å². The average molecular weight is 717 g/mol. The molecule has 9 aromatic rings. The Morgan fingerprint density at radius 3 is 1.75 bits per heavy atom. The first kappa shape index (κ1) is 32.8. The molecule has 0 amide bonds. The second-order valence-corrected chi connectivity index (χ2v) is 16.5. The summed E-state index contributed by atoms with van der Waals surface area (Å²) in [5.41, 5.74) is 18.0. The van der Waals surface area contributed by atoms with E-state index in [4.69, 9.17) is 9.97 Å². The maximum absolute atomic E-state index is 5.46. The van der Waals surface area contributed by atoms with E-state index in [0.29, 0.717) is 0 Å². The van der Waals surface area contributed by atoms with E-state index in [1.54, 1.807) is 0 Å². The molecular weight excluding hydrogens is 677 g/mol. The van der Waals surface area contributed by atoms with Crippen molar-refractivity contribution in [1.29, 1.82) is 0 Å². The van der Waals surface area contributed by atoms with Gasteiger partial charge in [0.15, 0.2) is 5.82 Å². The zero-order valence-corrected chi connectivity index (χ0v) is 32.1. The van der Waals surface area contributed by atoms with Crippen LogP contribution < -0.4 is 0 Å². The maximum atomic E-state index is 5.46. The lowest BCUT2D eigenvalue weighted by atomic mass is 9.81. The molecule has 266 valence electrons. The fourth-order valence-electron chi connectivity index (χ4n) is 9.87. The molecule has 0 aliphatic heterocycles. The van der Waals surface area contributed by atoms with E-state index in [1.807, 2.05) is 0 Å². The number of benzene rings is 8. The number of aromatic nitrogens is 2. The summed E-state index contributed by atoms with van der Waals surface area (Å²) < 4.78 is 0. The zero-order chi connectivity index (χ0) is 37.8. The lowest BCUT2D eigenvalue weighted by molar-refractivity contribution is 0.660. The Kier molecular flexibility index (Phi) is 6.98. The van der Waals surface area contributed by atoms with Gasteiger partial charge in [-0.1, -0.05) is 179 Å². The molecule has 0 radical (unpaired) electrons. The molecule has 2 aliphatic rings. The van der Waals surface area contributed by atoms with Crippen molar-refractivity contribution in [3.63, 3.8) is 0 Å². The molecule has 2 heteroatoms. The third-order valence-electron chi connectivity index (χ3n) is 12.7. The van der Waals surface area contributed by atoms with E-state index in [1.165, 1.54) is 71.8 Å². The van der Waals surface area contributed by atoms with E-state index >= 15 is 0 Å². The van der Waals surface area contributed by atoms with Gasteiger partial charge in [-0.2, -0.15) is 0 Å². The molecule has 1 aromatic heterocycles. The van der Waals surface area contributed by atoms with Crippen LogP contribution in [-0.2, 0) is 10.8 Å². The van der Waals surface area contributed by atoms with Gasteiger partial charge in [-0.3, -0.25) is 0 Å². The number of rotatable bonds is 4. The summed E-state index contributed by atoms with van der Waals surface area (Å²) in [6.45, 7) is 9.38. The highest BCUT2D eigenvalue weighted by Crippen LogP contribution is 2.54. The second-order valence-electron chi connectivity index (χ2n) is 16.5. The third kappa shape index (κ3) is 4.69. The van der Waals surface area contributed by atoms with Crippen LogP contribution in [0.15, 0.2) is 170 Å². The molecule has 56 heavy (non-hydrogen) atoms. The molecule has 0 fully saturated rings. The van der Waals surface area contributed by atoms with Gasteiger partial charge < -0.3 is 0 Å². The zero-order valence-electron chi connectivity index (χ0n) is 32.1. The average Bonchev–Trinajstić information content (AvgIpc) is 3.62. The van der Waals surface area contributed by atoms with Crippen LogP contribution >= 0.6 is 0 Å². The first-order valence-corrected chi connectivity index (χ1v) is 19.7. The molecule has 2 nitrogen and oxygen atoms in total. The Morgan fingerprint density at radius 1 is 0.339 bits per heavy atom. The summed E-state index contributed by atoms with van der Waals surface area (Å²) in [5.74, 6) is 0.725. The van der Waals surface area contributed by atoms with Crippen LogP contribution in [0.5, 0.6) is 0 Å². The highest BCUT2D eigenvalue weighted by Gasteiger charge is 2.38. The van der Waals surface area contributed by atoms with Gasteiger partial charge in [0.25, 0.3) is 0 Å². The summed E-state index contributed by atoms with van der Waals surface area (Å²) >= 11 is 0. The number of hydrogen-bond acceptors (Lipinski definition) is 2. The van der Waals surface area contributed by atoms with Gasteiger partial charge in [0.2, 0.25) is 0 Å².